The van der Waals surface area contributed by atoms with Crippen LogP contribution in [0.3, 0.4) is 0 Å². The first kappa shape index (κ1) is 15.3. The molecule has 120 valence electrons. The first-order chi connectivity index (χ1) is 10.7. The summed E-state index contributed by atoms with van der Waals surface area (Å²) in [6.07, 6.45) is 7.48. The van der Waals surface area contributed by atoms with Crippen molar-refractivity contribution in [2.45, 2.75) is 56.5 Å². The quantitative estimate of drug-likeness (QED) is 0.782. The summed E-state index contributed by atoms with van der Waals surface area (Å²) >= 11 is 0. The molecule has 4 nitrogen and oxygen atoms in total. The minimum atomic E-state index is -0.412. The summed E-state index contributed by atoms with van der Waals surface area (Å²) in [5.41, 5.74) is 0.761. The number of benzene rings is 1. The van der Waals surface area contributed by atoms with Crippen LogP contribution in [-0.2, 0) is 0 Å². The molecule has 1 aromatic rings. The molecule has 22 heavy (non-hydrogen) atoms. The smallest absolute Gasteiger partial charge is 0.315 e. The van der Waals surface area contributed by atoms with Crippen molar-refractivity contribution in [3.63, 3.8) is 0 Å². The van der Waals surface area contributed by atoms with Crippen molar-refractivity contribution in [3.05, 3.63) is 35.9 Å². The fourth-order valence-corrected chi connectivity index (χ4v) is 3.70. The van der Waals surface area contributed by atoms with Gasteiger partial charge < -0.3 is 15.7 Å². The molecule has 2 aliphatic rings. The Bertz CT molecular complexity index is 493. The van der Waals surface area contributed by atoms with Crippen molar-refractivity contribution in [2.24, 2.45) is 5.92 Å². The molecule has 0 spiro atoms. The fourth-order valence-electron chi connectivity index (χ4n) is 3.70. The van der Waals surface area contributed by atoms with E-state index in [1.807, 2.05) is 18.2 Å². The lowest BCUT2D eigenvalue weighted by atomic mass is 9.77. The van der Waals surface area contributed by atoms with Gasteiger partial charge in [-0.2, -0.15) is 0 Å². The molecule has 0 radical (unpaired) electrons. The van der Waals surface area contributed by atoms with Crippen molar-refractivity contribution in [3.8, 4) is 0 Å². The fraction of sp³-hybridized carbons (Fsp3) is 0.611. The van der Waals surface area contributed by atoms with Gasteiger partial charge in [0.15, 0.2) is 0 Å². The van der Waals surface area contributed by atoms with Gasteiger partial charge in [-0.3, -0.25) is 0 Å². The topological polar surface area (TPSA) is 61.4 Å². The highest BCUT2D eigenvalue weighted by Crippen LogP contribution is 2.37. The molecule has 4 heteroatoms. The van der Waals surface area contributed by atoms with Gasteiger partial charge in [-0.05, 0) is 37.2 Å². The van der Waals surface area contributed by atoms with E-state index in [4.69, 9.17) is 0 Å². The lowest BCUT2D eigenvalue weighted by molar-refractivity contribution is 0.156. The SMILES string of the molecule is O=C(NC(c1ccccc1)C1CCC1)NC1(CO)CCCC1. The maximum absolute atomic E-state index is 12.5. The average Bonchev–Trinajstić information content (AvgIpc) is 2.94. The molecule has 1 unspecified atom stereocenters. The van der Waals surface area contributed by atoms with Crippen molar-refractivity contribution in [1.29, 1.82) is 0 Å². The molecule has 0 heterocycles. The van der Waals surface area contributed by atoms with Crippen molar-refractivity contribution < 1.29 is 9.90 Å². The molecule has 0 saturated heterocycles. The zero-order chi connectivity index (χ0) is 15.4. The second kappa shape index (κ2) is 6.69. The van der Waals surface area contributed by atoms with Crippen LogP contribution in [0, 0.1) is 5.92 Å². The zero-order valence-corrected chi connectivity index (χ0v) is 13.1. The van der Waals surface area contributed by atoms with Crippen LogP contribution in [0.25, 0.3) is 0 Å². The minimum absolute atomic E-state index is 0.0276. The van der Waals surface area contributed by atoms with E-state index in [-0.39, 0.29) is 18.7 Å². The lowest BCUT2D eigenvalue weighted by Crippen LogP contribution is -2.54. The van der Waals surface area contributed by atoms with Gasteiger partial charge in [0, 0.05) is 0 Å². The van der Waals surface area contributed by atoms with Crippen LogP contribution in [-0.4, -0.2) is 23.3 Å². The normalized spacial score (nSPS) is 21.9. The van der Waals surface area contributed by atoms with E-state index in [2.05, 4.69) is 22.8 Å². The molecule has 2 amide bonds. The Morgan fingerprint density at radius 3 is 2.41 bits per heavy atom. The number of carbonyl (C=O) groups is 1. The van der Waals surface area contributed by atoms with Crippen molar-refractivity contribution in [2.75, 3.05) is 6.61 Å². The lowest BCUT2D eigenvalue weighted by Gasteiger charge is -2.36. The third kappa shape index (κ3) is 3.27. The molecule has 0 aromatic heterocycles. The van der Waals surface area contributed by atoms with E-state index in [1.54, 1.807) is 0 Å². The summed E-state index contributed by atoms with van der Waals surface area (Å²) in [4.78, 5) is 12.5. The van der Waals surface area contributed by atoms with Gasteiger partial charge in [-0.1, -0.05) is 49.6 Å². The Balaban J connectivity index is 1.66. The van der Waals surface area contributed by atoms with Crippen LogP contribution in [0.5, 0.6) is 0 Å². The number of carbonyl (C=O) groups excluding carboxylic acids is 1. The highest BCUT2D eigenvalue weighted by Gasteiger charge is 2.36. The van der Waals surface area contributed by atoms with Crippen LogP contribution in [0.15, 0.2) is 30.3 Å². The maximum Gasteiger partial charge on any atom is 0.315 e. The Morgan fingerprint density at radius 2 is 1.86 bits per heavy atom. The van der Waals surface area contributed by atoms with Gasteiger partial charge in [-0.15, -0.1) is 0 Å². The highest BCUT2D eigenvalue weighted by atomic mass is 16.3. The number of hydrogen-bond donors (Lipinski definition) is 3. The summed E-state index contributed by atoms with van der Waals surface area (Å²) in [5.74, 6) is 0.529. The Hall–Kier alpha value is -1.55. The molecule has 3 N–H and O–H groups in total. The van der Waals surface area contributed by atoms with E-state index < -0.39 is 5.54 Å². The third-order valence-electron chi connectivity index (χ3n) is 5.31. The monoisotopic (exact) mass is 302 g/mol. The number of amides is 2. The molecular weight excluding hydrogens is 276 g/mol. The van der Waals surface area contributed by atoms with Crippen LogP contribution in [0.4, 0.5) is 4.79 Å². The second-order valence-electron chi connectivity index (χ2n) is 6.82. The number of urea groups is 1. The summed E-state index contributed by atoms with van der Waals surface area (Å²) < 4.78 is 0. The number of nitrogens with one attached hydrogen (secondary N) is 2. The van der Waals surface area contributed by atoms with Gasteiger partial charge in [0.2, 0.25) is 0 Å². The molecule has 2 aliphatic carbocycles. The van der Waals surface area contributed by atoms with Crippen molar-refractivity contribution >= 4 is 6.03 Å². The predicted molar refractivity (Wildman–Crippen MR) is 86.5 cm³/mol. The first-order valence-corrected chi connectivity index (χ1v) is 8.47. The minimum Gasteiger partial charge on any atom is -0.394 e. The Morgan fingerprint density at radius 1 is 1.18 bits per heavy atom. The standard InChI is InChI=1S/C18H26N2O2/c21-13-18(11-4-5-12-18)20-17(22)19-16(15-9-6-10-15)14-7-2-1-3-8-14/h1-3,7-8,15-16,21H,4-6,9-13H2,(H2,19,20,22). The largest absolute Gasteiger partial charge is 0.394 e. The molecule has 0 bridgehead atoms. The molecule has 1 aromatic carbocycles. The molecule has 3 rings (SSSR count). The van der Waals surface area contributed by atoms with Gasteiger partial charge in [0.05, 0.1) is 18.2 Å². The van der Waals surface area contributed by atoms with E-state index in [9.17, 15) is 9.90 Å². The Kier molecular flexibility index (Phi) is 4.67. The summed E-state index contributed by atoms with van der Waals surface area (Å²) in [5, 5.41) is 15.8. The number of aliphatic hydroxyl groups is 1. The third-order valence-corrected chi connectivity index (χ3v) is 5.31. The molecule has 0 aliphatic heterocycles. The van der Waals surface area contributed by atoms with Crippen LogP contribution in [0.2, 0.25) is 0 Å². The van der Waals surface area contributed by atoms with E-state index in [0.717, 1.165) is 25.7 Å². The van der Waals surface area contributed by atoms with Gasteiger partial charge in [-0.25, -0.2) is 4.79 Å². The number of aliphatic hydroxyl groups excluding tert-OH is 1. The molecule has 1 atom stereocenters. The molecule has 2 fully saturated rings. The Labute approximate surface area is 132 Å². The average molecular weight is 302 g/mol. The van der Waals surface area contributed by atoms with Gasteiger partial charge in [0.25, 0.3) is 0 Å². The zero-order valence-electron chi connectivity index (χ0n) is 13.1. The molecule has 2 saturated carbocycles. The van der Waals surface area contributed by atoms with E-state index in [0.29, 0.717) is 5.92 Å². The highest BCUT2D eigenvalue weighted by molar-refractivity contribution is 5.75. The van der Waals surface area contributed by atoms with Gasteiger partial charge in [0.1, 0.15) is 0 Å². The van der Waals surface area contributed by atoms with Crippen LogP contribution in [0.1, 0.15) is 56.6 Å². The molecular formula is C18H26N2O2. The second-order valence-corrected chi connectivity index (χ2v) is 6.82. The van der Waals surface area contributed by atoms with E-state index in [1.165, 1.54) is 24.8 Å². The van der Waals surface area contributed by atoms with Crippen LogP contribution < -0.4 is 10.6 Å². The van der Waals surface area contributed by atoms with Crippen LogP contribution >= 0.6 is 0 Å². The summed E-state index contributed by atoms with van der Waals surface area (Å²) in [6.45, 7) is 0.0276. The maximum atomic E-state index is 12.5. The predicted octanol–water partition coefficient (Wildman–Crippen LogP) is 3.13. The summed E-state index contributed by atoms with van der Waals surface area (Å²) in [7, 11) is 0. The van der Waals surface area contributed by atoms with Crippen molar-refractivity contribution in [1.82, 2.24) is 10.6 Å². The summed E-state index contributed by atoms with van der Waals surface area (Å²) in [6, 6.07) is 10.1. The first-order valence-electron chi connectivity index (χ1n) is 8.47. The number of rotatable bonds is 5. The van der Waals surface area contributed by atoms with E-state index >= 15 is 0 Å². The van der Waals surface area contributed by atoms with Gasteiger partial charge >= 0.3 is 6.03 Å². The number of hydrogen-bond acceptors (Lipinski definition) is 2.